The zero-order valence-electron chi connectivity index (χ0n) is 10.2. The monoisotopic (exact) mass is 271 g/mol. The lowest BCUT2D eigenvalue weighted by atomic mass is 10.2. The van der Waals surface area contributed by atoms with Crippen molar-refractivity contribution in [2.24, 2.45) is 5.73 Å². The minimum atomic E-state index is 0.437. The Kier molecular flexibility index (Phi) is 3.39. The van der Waals surface area contributed by atoms with Gasteiger partial charge in [0.15, 0.2) is 0 Å². The maximum absolute atomic E-state index is 5.80. The highest BCUT2D eigenvalue weighted by molar-refractivity contribution is 7.09. The van der Waals surface area contributed by atoms with Crippen molar-refractivity contribution >= 4 is 22.2 Å². The molecule has 0 aliphatic rings. The number of rotatable bonds is 4. The van der Waals surface area contributed by atoms with Crippen molar-refractivity contribution in [2.75, 3.05) is 0 Å². The number of fused-ring (bicyclic) bond motifs is 1. The fourth-order valence-corrected chi connectivity index (χ4v) is 2.51. The van der Waals surface area contributed by atoms with Crippen LogP contribution in [0, 0.1) is 0 Å². The number of thiazole rings is 1. The van der Waals surface area contributed by atoms with Gasteiger partial charge in [-0.05, 0) is 12.1 Å². The van der Waals surface area contributed by atoms with Gasteiger partial charge in [-0.25, -0.2) is 4.98 Å². The van der Waals surface area contributed by atoms with Crippen LogP contribution in [0.4, 0.5) is 0 Å². The van der Waals surface area contributed by atoms with Crippen molar-refractivity contribution in [3.8, 4) is 5.75 Å². The molecule has 0 atom stereocenters. The minimum Gasteiger partial charge on any atom is -0.485 e. The summed E-state index contributed by atoms with van der Waals surface area (Å²) in [7, 11) is 0. The third-order valence-corrected chi connectivity index (χ3v) is 3.67. The predicted octanol–water partition coefficient (Wildman–Crippen LogP) is 2.73. The van der Waals surface area contributed by atoms with E-state index in [9.17, 15) is 0 Å². The molecule has 0 bridgehead atoms. The summed E-state index contributed by atoms with van der Waals surface area (Å²) in [6.07, 6.45) is 1.77. The molecular formula is C14H13N3OS. The number of aromatic nitrogens is 2. The van der Waals surface area contributed by atoms with E-state index in [0.717, 1.165) is 27.4 Å². The lowest BCUT2D eigenvalue weighted by Gasteiger charge is -2.06. The molecule has 0 saturated carbocycles. The Bertz CT molecular complexity index is 690. The van der Waals surface area contributed by atoms with E-state index in [0.29, 0.717) is 13.2 Å². The van der Waals surface area contributed by atoms with Gasteiger partial charge < -0.3 is 10.5 Å². The average molecular weight is 271 g/mol. The summed E-state index contributed by atoms with van der Waals surface area (Å²) in [5.74, 6) is 0.778. The van der Waals surface area contributed by atoms with Crippen molar-refractivity contribution in [2.45, 2.75) is 13.2 Å². The van der Waals surface area contributed by atoms with Gasteiger partial charge in [-0.2, -0.15) is 0 Å². The number of hydrogen-bond donors (Lipinski definition) is 1. The summed E-state index contributed by atoms with van der Waals surface area (Å²) in [6.45, 7) is 0.909. The lowest BCUT2D eigenvalue weighted by molar-refractivity contribution is 0.305. The predicted molar refractivity (Wildman–Crippen MR) is 76.1 cm³/mol. The van der Waals surface area contributed by atoms with E-state index in [4.69, 9.17) is 10.5 Å². The quantitative estimate of drug-likeness (QED) is 0.792. The van der Waals surface area contributed by atoms with Crippen molar-refractivity contribution < 1.29 is 4.74 Å². The lowest BCUT2D eigenvalue weighted by Crippen LogP contribution is -1.99. The number of pyridine rings is 1. The van der Waals surface area contributed by atoms with Crippen LogP contribution in [-0.4, -0.2) is 9.97 Å². The highest BCUT2D eigenvalue weighted by atomic mass is 32.1. The number of nitrogens with two attached hydrogens (primary N) is 1. The van der Waals surface area contributed by atoms with Gasteiger partial charge in [0.1, 0.15) is 22.9 Å². The Hall–Kier alpha value is -1.98. The molecule has 3 rings (SSSR count). The van der Waals surface area contributed by atoms with Gasteiger partial charge in [0.25, 0.3) is 0 Å². The number of para-hydroxylation sites is 1. The molecule has 5 heteroatoms. The third-order valence-electron chi connectivity index (χ3n) is 2.75. The van der Waals surface area contributed by atoms with E-state index in [2.05, 4.69) is 9.97 Å². The fraction of sp³-hybridized carbons (Fsp3) is 0.143. The van der Waals surface area contributed by atoms with E-state index < -0.39 is 0 Å². The summed E-state index contributed by atoms with van der Waals surface area (Å²) >= 11 is 1.56. The van der Waals surface area contributed by atoms with Crippen LogP contribution in [0.3, 0.4) is 0 Å². The van der Waals surface area contributed by atoms with Gasteiger partial charge in [-0.15, -0.1) is 11.3 Å². The average Bonchev–Trinajstić information content (AvgIpc) is 2.93. The Morgan fingerprint density at radius 1 is 1.21 bits per heavy atom. The molecule has 0 unspecified atom stereocenters. The molecule has 1 aromatic carbocycles. The first-order chi connectivity index (χ1) is 9.36. The molecular weight excluding hydrogens is 258 g/mol. The molecule has 96 valence electrons. The zero-order chi connectivity index (χ0) is 13.1. The molecule has 0 spiro atoms. The van der Waals surface area contributed by atoms with Crippen LogP contribution in [0.5, 0.6) is 5.75 Å². The maximum atomic E-state index is 5.80. The van der Waals surface area contributed by atoms with Gasteiger partial charge in [0, 0.05) is 23.5 Å². The molecule has 2 N–H and O–H groups in total. The molecule has 4 nitrogen and oxygen atoms in total. The van der Waals surface area contributed by atoms with Gasteiger partial charge in [-0.1, -0.05) is 18.2 Å². The van der Waals surface area contributed by atoms with Crippen LogP contribution in [0.1, 0.15) is 10.7 Å². The smallest absolute Gasteiger partial charge is 0.146 e. The molecule has 0 fully saturated rings. The Morgan fingerprint density at radius 2 is 2.11 bits per heavy atom. The van der Waals surface area contributed by atoms with Crippen LogP contribution in [0.15, 0.2) is 41.9 Å². The van der Waals surface area contributed by atoms with E-state index in [-0.39, 0.29) is 0 Å². The molecule has 0 aliphatic carbocycles. The highest BCUT2D eigenvalue weighted by Gasteiger charge is 2.05. The molecule has 0 amide bonds. The number of hydrogen-bond acceptors (Lipinski definition) is 5. The zero-order valence-corrected chi connectivity index (χ0v) is 11.1. The topological polar surface area (TPSA) is 61.0 Å². The molecule has 2 heterocycles. The van der Waals surface area contributed by atoms with Crippen LogP contribution < -0.4 is 10.5 Å². The normalized spacial score (nSPS) is 10.8. The molecule has 19 heavy (non-hydrogen) atoms. The van der Waals surface area contributed by atoms with Gasteiger partial charge in [-0.3, -0.25) is 4.98 Å². The molecule has 3 aromatic rings. The van der Waals surface area contributed by atoms with E-state index in [1.54, 1.807) is 17.5 Å². The van der Waals surface area contributed by atoms with Crippen molar-refractivity contribution in [1.82, 2.24) is 9.97 Å². The maximum Gasteiger partial charge on any atom is 0.146 e. The summed E-state index contributed by atoms with van der Waals surface area (Å²) < 4.78 is 5.80. The summed E-state index contributed by atoms with van der Waals surface area (Å²) in [6, 6.07) is 9.84. The molecule has 2 aromatic heterocycles. The van der Waals surface area contributed by atoms with Crippen LogP contribution >= 0.6 is 11.3 Å². The second-order valence-electron chi connectivity index (χ2n) is 4.06. The summed E-state index contributed by atoms with van der Waals surface area (Å²) in [5, 5.41) is 3.97. The van der Waals surface area contributed by atoms with Crippen molar-refractivity contribution in [3.05, 3.63) is 52.6 Å². The minimum absolute atomic E-state index is 0.437. The van der Waals surface area contributed by atoms with Crippen LogP contribution in [0.25, 0.3) is 10.9 Å². The molecule has 0 aliphatic heterocycles. The number of benzene rings is 1. The summed E-state index contributed by atoms with van der Waals surface area (Å²) in [4.78, 5) is 8.72. The Balaban J connectivity index is 1.81. The van der Waals surface area contributed by atoms with Crippen molar-refractivity contribution in [3.63, 3.8) is 0 Å². The van der Waals surface area contributed by atoms with E-state index >= 15 is 0 Å². The largest absolute Gasteiger partial charge is 0.485 e. The Labute approximate surface area is 114 Å². The Morgan fingerprint density at radius 3 is 2.95 bits per heavy atom. The summed E-state index contributed by atoms with van der Waals surface area (Å²) in [5.41, 5.74) is 7.32. The second-order valence-corrected chi connectivity index (χ2v) is 5.00. The fourth-order valence-electron chi connectivity index (χ4n) is 1.85. The third kappa shape index (κ3) is 2.57. The van der Waals surface area contributed by atoms with Crippen LogP contribution in [0.2, 0.25) is 0 Å². The highest BCUT2D eigenvalue weighted by Crippen LogP contribution is 2.24. The molecule has 0 radical (unpaired) electrons. The molecule has 0 saturated heterocycles. The number of ether oxygens (including phenoxy) is 1. The van der Waals surface area contributed by atoms with E-state index in [1.807, 2.05) is 35.7 Å². The SMILES string of the molecule is NCc1nc(COc2cccc3cccnc23)cs1. The van der Waals surface area contributed by atoms with Gasteiger partial charge in [0.2, 0.25) is 0 Å². The first-order valence-corrected chi connectivity index (χ1v) is 6.84. The first-order valence-electron chi connectivity index (χ1n) is 5.97. The second kappa shape index (κ2) is 5.34. The van der Waals surface area contributed by atoms with Gasteiger partial charge in [0.05, 0.1) is 5.69 Å². The number of nitrogens with zero attached hydrogens (tertiary/aromatic N) is 2. The standard InChI is InChI=1S/C14H13N3OS/c15-7-13-17-11(9-19-13)8-18-12-5-1-3-10-4-2-6-16-14(10)12/h1-6,9H,7-8,15H2. The van der Waals surface area contributed by atoms with Gasteiger partial charge >= 0.3 is 0 Å². The van der Waals surface area contributed by atoms with E-state index in [1.165, 1.54) is 0 Å². The van der Waals surface area contributed by atoms with Crippen LogP contribution in [-0.2, 0) is 13.2 Å². The van der Waals surface area contributed by atoms with Crippen molar-refractivity contribution in [1.29, 1.82) is 0 Å². The first kappa shape index (κ1) is 12.1.